The van der Waals surface area contributed by atoms with Crippen molar-refractivity contribution in [3.8, 4) is 0 Å². The number of fused-ring (bicyclic) bond motifs is 1. The Morgan fingerprint density at radius 2 is 2.21 bits per heavy atom. The Bertz CT molecular complexity index is 569. The molecule has 19 heavy (non-hydrogen) atoms. The zero-order chi connectivity index (χ0) is 14.0. The van der Waals surface area contributed by atoms with Crippen LogP contribution >= 0.6 is 11.3 Å². The number of thiophene rings is 1. The molecule has 104 valence electrons. The Morgan fingerprint density at radius 1 is 1.47 bits per heavy atom. The van der Waals surface area contributed by atoms with E-state index in [1.807, 2.05) is 25.9 Å². The summed E-state index contributed by atoms with van der Waals surface area (Å²) in [5.74, 6) is 1.48. The number of hydrogen-bond donors (Lipinski definition) is 2. The summed E-state index contributed by atoms with van der Waals surface area (Å²) >= 11 is 1.70. The fourth-order valence-corrected chi connectivity index (χ4v) is 2.80. The lowest BCUT2D eigenvalue weighted by atomic mass is 10.2. The third-order valence-corrected chi connectivity index (χ3v) is 4.43. The van der Waals surface area contributed by atoms with Gasteiger partial charge in [0.05, 0.1) is 18.0 Å². The summed E-state index contributed by atoms with van der Waals surface area (Å²) in [5, 5.41) is 13.4. The van der Waals surface area contributed by atoms with E-state index in [1.54, 1.807) is 11.3 Å². The first kappa shape index (κ1) is 14.0. The van der Waals surface area contributed by atoms with Gasteiger partial charge >= 0.3 is 0 Å². The number of aromatic nitrogens is 2. The highest BCUT2D eigenvalue weighted by atomic mass is 32.1. The first-order valence-electron chi connectivity index (χ1n) is 6.42. The topological polar surface area (TPSA) is 61.3 Å². The molecule has 0 aliphatic carbocycles. The van der Waals surface area contributed by atoms with E-state index in [2.05, 4.69) is 28.3 Å². The Kier molecular flexibility index (Phi) is 4.21. The highest BCUT2D eigenvalue weighted by Crippen LogP contribution is 2.32. The molecule has 1 atom stereocenters. The van der Waals surface area contributed by atoms with E-state index in [4.69, 9.17) is 0 Å². The summed E-state index contributed by atoms with van der Waals surface area (Å²) in [5.41, 5.74) is 0. The number of likely N-dealkylation sites (N-methyl/N-ethyl adjacent to an activating group) is 1. The second-order valence-electron chi connectivity index (χ2n) is 4.55. The smallest absolute Gasteiger partial charge is 0.225 e. The largest absolute Gasteiger partial charge is 0.394 e. The van der Waals surface area contributed by atoms with Crippen LogP contribution in [0.2, 0.25) is 0 Å². The van der Waals surface area contributed by atoms with Gasteiger partial charge in [0.2, 0.25) is 5.95 Å². The van der Waals surface area contributed by atoms with Gasteiger partial charge in [0.25, 0.3) is 0 Å². The Balaban J connectivity index is 2.59. The summed E-state index contributed by atoms with van der Waals surface area (Å²) < 4.78 is 0. The number of anilines is 2. The van der Waals surface area contributed by atoms with E-state index in [1.165, 1.54) is 4.88 Å². The van der Waals surface area contributed by atoms with Crippen LogP contribution in [0, 0.1) is 0 Å². The van der Waals surface area contributed by atoms with Crippen molar-refractivity contribution in [3.05, 3.63) is 10.9 Å². The zero-order valence-corrected chi connectivity index (χ0v) is 12.6. The average Bonchev–Trinajstić information content (AvgIpc) is 2.87. The Labute approximate surface area is 117 Å². The molecule has 2 aromatic rings. The van der Waals surface area contributed by atoms with Crippen LogP contribution in [0.25, 0.3) is 10.2 Å². The summed E-state index contributed by atoms with van der Waals surface area (Å²) in [6.07, 6.45) is 0.995. The molecule has 2 heterocycles. The van der Waals surface area contributed by atoms with Gasteiger partial charge in [-0.05, 0) is 19.4 Å². The van der Waals surface area contributed by atoms with Gasteiger partial charge in [0, 0.05) is 19.0 Å². The first-order chi connectivity index (χ1) is 9.10. The van der Waals surface area contributed by atoms with Crippen LogP contribution in [0.3, 0.4) is 0 Å². The van der Waals surface area contributed by atoms with Crippen LogP contribution in [0.1, 0.15) is 18.7 Å². The molecule has 0 radical (unpaired) electrons. The number of aryl methyl sites for hydroxylation is 1. The molecule has 0 saturated carbocycles. The van der Waals surface area contributed by atoms with E-state index >= 15 is 0 Å². The van der Waals surface area contributed by atoms with Crippen molar-refractivity contribution in [3.63, 3.8) is 0 Å². The first-order valence-corrected chi connectivity index (χ1v) is 7.24. The SMILES string of the molecule is CCc1cc2c(N(C)C(C)CO)nc(NC)nc2s1. The molecule has 2 rings (SSSR count). The molecule has 5 nitrogen and oxygen atoms in total. The number of nitrogens with zero attached hydrogens (tertiary/aromatic N) is 3. The number of rotatable bonds is 5. The minimum atomic E-state index is 0.0211. The van der Waals surface area contributed by atoms with Crippen LogP contribution in [0.15, 0.2) is 6.07 Å². The lowest BCUT2D eigenvalue weighted by Crippen LogP contribution is -2.32. The normalized spacial score (nSPS) is 12.7. The quantitative estimate of drug-likeness (QED) is 0.878. The highest BCUT2D eigenvalue weighted by Gasteiger charge is 2.17. The molecule has 2 aromatic heterocycles. The number of nitrogens with one attached hydrogen (secondary N) is 1. The molecule has 0 aromatic carbocycles. The molecule has 0 fully saturated rings. The van der Waals surface area contributed by atoms with Gasteiger partial charge in [-0.15, -0.1) is 11.3 Å². The van der Waals surface area contributed by atoms with E-state index in [0.29, 0.717) is 5.95 Å². The molecule has 6 heteroatoms. The van der Waals surface area contributed by atoms with Crippen LogP contribution in [0.4, 0.5) is 11.8 Å². The third kappa shape index (κ3) is 2.64. The van der Waals surface area contributed by atoms with Crippen LogP contribution in [-0.4, -0.2) is 41.8 Å². The number of aliphatic hydroxyl groups excluding tert-OH is 1. The highest BCUT2D eigenvalue weighted by molar-refractivity contribution is 7.18. The molecule has 0 aliphatic heterocycles. The van der Waals surface area contributed by atoms with Crippen LogP contribution < -0.4 is 10.2 Å². The Hall–Kier alpha value is -1.40. The fraction of sp³-hybridized carbons (Fsp3) is 0.538. The van der Waals surface area contributed by atoms with Gasteiger partial charge in [0.1, 0.15) is 10.6 Å². The minimum Gasteiger partial charge on any atom is -0.394 e. The van der Waals surface area contributed by atoms with Crippen molar-refractivity contribution in [2.24, 2.45) is 0 Å². The predicted molar refractivity (Wildman–Crippen MR) is 81.3 cm³/mol. The van der Waals surface area contributed by atoms with Crippen LogP contribution in [0.5, 0.6) is 0 Å². The van der Waals surface area contributed by atoms with Gasteiger partial charge in [-0.25, -0.2) is 4.98 Å². The van der Waals surface area contributed by atoms with E-state index in [0.717, 1.165) is 22.5 Å². The maximum atomic E-state index is 9.32. The molecular formula is C13H20N4OS. The molecule has 0 amide bonds. The van der Waals surface area contributed by atoms with Gasteiger partial charge < -0.3 is 15.3 Å². The molecule has 1 unspecified atom stereocenters. The molecular weight excluding hydrogens is 260 g/mol. The van der Waals surface area contributed by atoms with Gasteiger partial charge in [0.15, 0.2) is 0 Å². The van der Waals surface area contributed by atoms with Crippen molar-refractivity contribution in [2.45, 2.75) is 26.3 Å². The second kappa shape index (κ2) is 5.71. The minimum absolute atomic E-state index is 0.0211. The monoisotopic (exact) mass is 280 g/mol. The summed E-state index contributed by atoms with van der Waals surface area (Å²) in [4.78, 5) is 13.3. The number of aliphatic hydroxyl groups is 1. The maximum Gasteiger partial charge on any atom is 0.225 e. The fourth-order valence-electron chi connectivity index (χ4n) is 1.84. The lowest BCUT2D eigenvalue weighted by Gasteiger charge is -2.25. The predicted octanol–water partition coefficient (Wildman–Crippen LogP) is 2.11. The molecule has 0 bridgehead atoms. The third-order valence-electron chi connectivity index (χ3n) is 3.26. The van der Waals surface area contributed by atoms with Gasteiger partial charge in [-0.1, -0.05) is 6.92 Å². The molecule has 0 aliphatic rings. The van der Waals surface area contributed by atoms with E-state index in [9.17, 15) is 5.11 Å². The zero-order valence-electron chi connectivity index (χ0n) is 11.8. The molecule has 0 saturated heterocycles. The van der Waals surface area contributed by atoms with Crippen molar-refractivity contribution < 1.29 is 5.11 Å². The summed E-state index contributed by atoms with van der Waals surface area (Å²) in [7, 11) is 3.76. The summed E-state index contributed by atoms with van der Waals surface area (Å²) in [6.45, 7) is 4.21. The lowest BCUT2D eigenvalue weighted by molar-refractivity contribution is 0.270. The van der Waals surface area contributed by atoms with Crippen molar-refractivity contribution >= 4 is 33.3 Å². The molecule has 0 spiro atoms. The second-order valence-corrected chi connectivity index (χ2v) is 5.66. The van der Waals surface area contributed by atoms with Crippen LogP contribution in [-0.2, 0) is 6.42 Å². The Morgan fingerprint density at radius 3 is 2.79 bits per heavy atom. The maximum absolute atomic E-state index is 9.32. The van der Waals surface area contributed by atoms with Gasteiger partial charge in [-0.2, -0.15) is 4.98 Å². The van der Waals surface area contributed by atoms with E-state index < -0.39 is 0 Å². The standard InChI is InChI=1S/C13H20N4OS/c1-5-9-6-10-11(17(4)8(2)7-18)15-13(14-3)16-12(10)19-9/h6,8,18H,5,7H2,1-4H3,(H,14,15,16). The van der Waals surface area contributed by atoms with E-state index in [-0.39, 0.29) is 12.6 Å². The van der Waals surface area contributed by atoms with Gasteiger partial charge in [-0.3, -0.25) is 0 Å². The van der Waals surface area contributed by atoms with Crippen molar-refractivity contribution in [1.82, 2.24) is 9.97 Å². The summed E-state index contributed by atoms with van der Waals surface area (Å²) in [6, 6.07) is 2.17. The van der Waals surface area contributed by atoms with Crippen molar-refractivity contribution in [1.29, 1.82) is 0 Å². The molecule has 2 N–H and O–H groups in total. The average molecular weight is 280 g/mol. The van der Waals surface area contributed by atoms with Crippen molar-refractivity contribution in [2.75, 3.05) is 30.9 Å². The number of hydrogen-bond acceptors (Lipinski definition) is 6.